The molecule has 5 rings (SSSR count). The molecule has 0 saturated heterocycles. The Kier molecular flexibility index (Phi) is 8.51. The number of amides is 1. The third-order valence-electron chi connectivity index (χ3n) is 14.7. The molecule has 5 saturated carbocycles. The van der Waals surface area contributed by atoms with Crippen LogP contribution in [0.4, 0.5) is 4.79 Å². The minimum Gasteiger partial charge on any atom is -0.479 e. The van der Waals surface area contributed by atoms with Crippen LogP contribution in [0, 0.1) is 57.2 Å². The van der Waals surface area contributed by atoms with Crippen molar-refractivity contribution in [3.8, 4) is 0 Å². The van der Waals surface area contributed by atoms with E-state index in [4.69, 9.17) is 14.6 Å². The van der Waals surface area contributed by atoms with Gasteiger partial charge in [-0.05, 0) is 122 Å². The number of carboxylic acids is 1. The van der Waals surface area contributed by atoms with Gasteiger partial charge in [-0.25, -0.2) is 9.59 Å². The van der Waals surface area contributed by atoms with Crippen molar-refractivity contribution in [2.45, 2.75) is 144 Å². The van der Waals surface area contributed by atoms with Gasteiger partial charge in [-0.2, -0.15) is 0 Å². The van der Waals surface area contributed by atoms with Crippen LogP contribution in [0.5, 0.6) is 0 Å². The third kappa shape index (κ3) is 5.01. The van der Waals surface area contributed by atoms with E-state index in [1.54, 1.807) is 0 Å². The Bertz CT molecular complexity index is 1100. The molecular formula is C36H59NO6. The zero-order valence-corrected chi connectivity index (χ0v) is 28.2. The van der Waals surface area contributed by atoms with Crippen molar-refractivity contribution < 1.29 is 29.0 Å². The predicted octanol–water partition coefficient (Wildman–Crippen LogP) is 8.00. The fourth-order valence-corrected chi connectivity index (χ4v) is 12.6. The first-order chi connectivity index (χ1) is 20.1. The standard InChI is InChI=1S/C36H59NO6/c1-9-10-29(40)43-27-15-16-33(6)25(32(27,4)5)14-17-35(8)26(33)12-11-24-30-23(22(2)3)13-18-36(30,20-19-34(24,35)7)37-31(41)42-21-28(38)39/h22-27,30H,9-21H2,1-8H3,(H,37,41)(H,38,39)/t23-,24+,25-,26+,27+,30+,33-,34+,35+,36-/m0/s1. The lowest BCUT2D eigenvalue weighted by Gasteiger charge is -2.73. The zero-order chi connectivity index (χ0) is 31.6. The Morgan fingerprint density at radius 1 is 0.860 bits per heavy atom. The molecule has 244 valence electrons. The van der Waals surface area contributed by atoms with E-state index in [2.05, 4.69) is 53.8 Å². The highest BCUT2D eigenvalue weighted by atomic mass is 16.6. The number of nitrogens with one attached hydrogen (secondary N) is 1. The molecule has 43 heavy (non-hydrogen) atoms. The fourth-order valence-electron chi connectivity index (χ4n) is 12.6. The normalized spacial score (nSPS) is 44.8. The zero-order valence-electron chi connectivity index (χ0n) is 28.2. The molecule has 5 aliphatic rings. The monoisotopic (exact) mass is 601 g/mol. The van der Waals surface area contributed by atoms with E-state index >= 15 is 0 Å². The van der Waals surface area contributed by atoms with Gasteiger partial charge in [-0.3, -0.25) is 4.79 Å². The molecule has 10 atom stereocenters. The summed E-state index contributed by atoms with van der Waals surface area (Å²) in [7, 11) is 0. The van der Waals surface area contributed by atoms with Gasteiger partial charge < -0.3 is 19.9 Å². The van der Waals surface area contributed by atoms with E-state index in [-0.39, 0.29) is 39.3 Å². The van der Waals surface area contributed by atoms with Crippen LogP contribution in [0.1, 0.15) is 132 Å². The topological polar surface area (TPSA) is 102 Å². The highest BCUT2D eigenvalue weighted by Crippen LogP contribution is 2.76. The van der Waals surface area contributed by atoms with Crippen LogP contribution in [-0.4, -0.2) is 41.4 Å². The number of fused-ring (bicyclic) bond motifs is 7. The summed E-state index contributed by atoms with van der Waals surface area (Å²) in [5.74, 6) is 1.91. The average Bonchev–Trinajstić information content (AvgIpc) is 3.29. The second kappa shape index (κ2) is 11.2. The maximum atomic E-state index is 12.9. The lowest BCUT2D eigenvalue weighted by Crippen LogP contribution is -2.69. The van der Waals surface area contributed by atoms with Crippen LogP contribution in [0.25, 0.3) is 0 Å². The highest BCUT2D eigenvalue weighted by molar-refractivity contribution is 5.74. The second-order valence-electron chi connectivity index (χ2n) is 17.0. The molecule has 5 fully saturated rings. The molecule has 5 aliphatic carbocycles. The molecule has 0 heterocycles. The van der Waals surface area contributed by atoms with Gasteiger partial charge >= 0.3 is 18.0 Å². The van der Waals surface area contributed by atoms with Gasteiger partial charge in [0, 0.05) is 17.4 Å². The van der Waals surface area contributed by atoms with Crippen LogP contribution >= 0.6 is 0 Å². The van der Waals surface area contributed by atoms with Gasteiger partial charge in [0.05, 0.1) is 0 Å². The summed E-state index contributed by atoms with van der Waals surface area (Å²) in [6, 6.07) is 0. The number of hydrogen-bond donors (Lipinski definition) is 2. The molecule has 0 aromatic rings. The van der Waals surface area contributed by atoms with E-state index in [1.807, 2.05) is 6.92 Å². The van der Waals surface area contributed by atoms with Crippen LogP contribution in [0.3, 0.4) is 0 Å². The first kappa shape index (κ1) is 32.6. The number of hydrogen-bond acceptors (Lipinski definition) is 5. The number of alkyl carbamates (subject to hydrolysis) is 1. The molecule has 7 nitrogen and oxygen atoms in total. The van der Waals surface area contributed by atoms with Crippen molar-refractivity contribution in [3.63, 3.8) is 0 Å². The molecule has 1 amide bonds. The van der Waals surface area contributed by atoms with E-state index in [1.165, 1.54) is 25.7 Å². The van der Waals surface area contributed by atoms with Gasteiger partial charge in [0.15, 0.2) is 6.61 Å². The minimum atomic E-state index is -1.13. The largest absolute Gasteiger partial charge is 0.479 e. The number of carboxylic acid groups (broad SMARTS) is 1. The number of rotatable bonds is 7. The van der Waals surface area contributed by atoms with Crippen molar-refractivity contribution >= 4 is 18.0 Å². The SMILES string of the molecule is CCCC(=O)O[C@@H]1CC[C@]2(C)[C@H]3CC[C@@H]4[C@H]5[C@H](C(C)C)CC[C@]5(NC(=O)OCC(=O)O)CC[C@@]4(C)[C@]3(C)CC[C@H]2C1(C)C. The van der Waals surface area contributed by atoms with Gasteiger partial charge in [0.2, 0.25) is 0 Å². The van der Waals surface area contributed by atoms with E-state index in [0.717, 1.165) is 44.9 Å². The first-order valence-corrected chi connectivity index (χ1v) is 17.4. The summed E-state index contributed by atoms with van der Waals surface area (Å²) in [6.07, 6.45) is 11.6. The molecular weight excluding hydrogens is 542 g/mol. The number of carbonyl (C=O) groups is 3. The summed E-state index contributed by atoms with van der Waals surface area (Å²) in [5.41, 5.74) is 0.200. The summed E-state index contributed by atoms with van der Waals surface area (Å²) >= 11 is 0. The number of carbonyl (C=O) groups excluding carboxylic acids is 2. The Labute approximate surface area is 260 Å². The van der Waals surface area contributed by atoms with E-state index < -0.39 is 18.7 Å². The van der Waals surface area contributed by atoms with Crippen molar-refractivity contribution in [1.82, 2.24) is 5.32 Å². The summed E-state index contributed by atoms with van der Waals surface area (Å²) in [5, 5.41) is 12.4. The number of aliphatic carboxylic acids is 1. The van der Waals surface area contributed by atoms with Gasteiger partial charge in [0.25, 0.3) is 0 Å². The maximum absolute atomic E-state index is 12.9. The van der Waals surface area contributed by atoms with E-state index in [9.17, 15) is 14.4 Å². The molecule has 0 spiro atoms. The Balaban J connectivity index is 1.43. The molecule has 0 aromatic heterocycles. The molecule has 0 radical (unpaired) electrons. The smallest absolute Gasteiger partial charge is 0.408 e. The van der Waals surface area contributed by atoms with Crippen molar-refractivity contribution in [2.24, 2.45) is 57.2 Å². The summed E-state index contributed by atoms with van der Waals surface area (Å²) in [6.45, 7) is 18.6. The average molecular weight is 602 g/mol. The highest BCUT2D eigenvalue weighted by Gasteiger charge is 2.71. The molecule has 2 N–H and O–H groups in total. The van der Waals surface area contributed by atoms with Crippen LogP contribution in [0.15, 0.2) is 0 Å². The molecule has 0 unspecified atom stereocenters. The van der Waals surface area contributed by atoms with Crippen LogP contribution in [-0.2, 0) is 19.1 Å². The van der Waals surface area contributed by atoms with Crippen molar-refractivity contribution in [2.75, 3.05) is 6.61 Å². The molecule has 0 bridgehead atoms. The number of esters is 1. The lowest BCUT2D eigenvalue weighted by molar-refractivity contribution is -0.247. The Morgan fingerprint density at radius 2 is 1.58 bits per heavy atom. The lowest BCUT2D eigenvalue weighted by atomic mass is 9.32. The fraction of sp³-hybridized carbons (Fsp3) is 0.917. The van der Waals surface area contributed by atoms with Crippen LogP contribution < -0.4 is 5.32 Å². The first-order valence-electron chi connectivity index (χ1n) is 17.4. The third-order valence-corrected chi connectivity index (χ3v) is 14.7. The Morgan fingerprint density at radius 3 is 2.23 bits per heavy atom. The quantitative estimate of drug-likeness (QED) is 0.287. The van der Waals surface area contributed by atoms with Crippen LogP contribution in [0.2, 0.25) is 0 Å². The Hall–Kier alpha value is -1.79. The van der Waals surface area contributed by atoms with Gasteiger partial charge in [-0.15, -0.1) is 0 Å². The predicted molar refractivity (Wildman–Crippen MR) is 166 cm³/mol. The molecule has 7 heteroatoms. The second-order valence-corrected chi connectivity index (χ2v) is 17.0. The van der Waals surface area contributed by atoms with Gasteiger partial charge in [-0.1, -0.05) is 55.4 Å². The maximum Gasteiger partial charge on any atom is 0.408 e. The molecule has 0 aliphatic heterocycles. The summed E-state index contributed by atoms with van der Waals surface area (Å²) < 4.78 is 11.3. The van der Waals surface area contributed by atoms with Crippen molar-refractivity contribution in [1.29, 1.82) is 0 Å². The molecule has 0 aromatic carbocycles. The van der Waals surface area contributed by atoms with Gasteiger partial charge in [0.1, 0.15) is 6.10 Å². The van der Waals surface area contributed by atoms with Crippen molar-refractivity contribution in [3.05, 3.63) is 0 Å². The minimum absolute atomic E-state index is 0.00606. The number of ether oxygens (including phenoxy) is 2. The van der Waals surface area contributed by atoms with E-state index in [0.29, 0.717) is 41.9 Å². The summed E-state index contributed by atoms with van der Waals surface area (Å²) in [4.78, 5) is 36.6.